The number of nitrogens with one attached hydrogen (secondary N) is 1. The molecule has 2 aromatic heterocycles. The molecular formula is C35H36N6O7. The number of hydrogen-bond acceptors (Lipinski definition) is 10. The monoisotopic (exact) mass is 652 g/mol. The number of imidazole rings is 1. The minimum atomic E-state index is -1.25. The maximum Gasteiger partial charge on any atom is 0.280 e. The van der Waals surface area contributed by atoms with E-state index >= 15 is 0 Å². The van der Waals surface area contributed by atoms with Gasteiger partial charge in [-0.05, 0) is 41.0 Å². The first-order valence-corrected chi connectivity index (χ1v) is 15.4. The Balaban J connectivity index is 1.28. The van der Waals surface area contributed by atoms with Gasteiger partial charge in [0.2, 0.25) is 5.95 Å². The van der Waals surface area contributed by atoms with E-state index in [0.29, 0.717) is 11.5 Å². The van der Waals surface area contributed by atoms with E-state index in [4.69, 9.17) is 23.7 Å². The first-order valence-electron chi connectivity index (χ1n) is 15.4. The number of fused-ring (bicyclic) bond motifs is 3. The average molecular weight is 653 g/mol. The largest absolute Gasteiger partial charge is 0.497 e. The van der Waals surface area contributed by atoms with Gasteiger partial charge in [-0.15, -0.1) is 0 Å². The van der Waals surface area contributed by atoms with E-state index in [1.807, 2.05) is 93.0 Å². The summed E-state index contributed by atoms with van der Waals surface area (Å²) >= 11 is 0. The molecule has 2 fully saturated rings. The number of aromatic amines is 1. The summed E-state index contributed by atoms with van der Waals surface area (Å²) in [6.07, 6.45) is 0.325. The van der Waals surface area contributed by atoms with Gasteiger partial charge in [0.1, 0.15) is 34.9 Å². The molecule has 3 aromatic carbocycles. The molecular weight excluding hydrogens is 616 g/mol. The van der Waals surface area contributed by atoms with Crippen LogP contribution in [0.3, 0.4) is 0 Å². The number of methoxy groups -OCH3 is 2. The number of aliphatic hydroxyl groups excluding tert-OH is 1. The lowest BCUT2D eigenvalue weighted by atomic mass is 9.79. The molecule has 2 unspecified atom stereocenters. The molecule has 2 saturated heterocycles. The van der Waals surface area contributed by atoms with Crippen LogP contribution in [0.1, 0.15) is 22.9 Å². The number of aliphatic imine (C=N–C) groups is 1. The zero-order chi connectivity index (χ0) is 33.5. The number of hydrogen-bond donors (Lipinski definition) is 2. The van der Waals surface area contributed by atoms with Crippen molar-refractivity contribution in [1.82, 2.24) is 24.4 Å². The highest BCUT2D eigenvalue weighted by molar-refractivity contribution is 5.71. The quantitative estimate of drug-likeness (QED) is 0.124. The summed E-state index contributed by atoms with van der Waals surface area (Å²) in [6.45, 7) is 0.0393. The molecule has 4 atom stereocenters. The van der Waals surface area contributed by atoms with Crippen LogP contribution in [-0.4, -0.2) is 95.2 Å². The van der Waals surface area contributed by atoms with Crippen LogP contribution in [0, 0.1) is 0 Å². The molecule has 248 valence electrons. The minimum Gasteiger partial charge on any atom is -0.497 e. The molecule has 13 heteroatoms. The normalized spacial score (nSPS) is 22.1. The Bertz CT molecular complexity index is 1930. The molecule has 2 N–H and O–H groups in total. The smallest absolute Gasteiger partial charge is 0.280 e. The number of benzene rings is 3. The highest BCUT2D eigenvalue weighted by Gasteiger charge is 2.63. The standard InChI is InChI=1S/C35H36N6O7/c1-40(2)20-37-33-38-30-27(31(43)39-33)36-21-41(30)32-28-29(42)34(48-32,18-46-28)19-47-35(22-8-6-5-7-9-22,23-10-14-25(44-3)15-11-23)24-12-16-26(45-4)17-13-24/h5-17,20-21,28-29,32,42H,18-19H2,1-4H3,(H,38,39,43)/t28?,29?,32-,34-/m1/s1. The van der Waals surface area contributed by atoms with Crippen molar-refractivity contribution in [2.75, 3.05) is 41.5 Å². The summed E-state index contributed by atoms with van der Waals surface area (Å²) < 4.78 is 32.4. The molecule has 7 rings (SSSR count). The first-order chi connectivity index (χ1) is 23.3. The second-order valence-electron chi connectivity index (χ2n) is 12.0. The van der Waals surface area contributed by atoms with Gasteiger partial charge >= 0.3 is 0 Å². The van der Waals surface area contributed by atoms with Crippen molar-refractivity contribution in [3.05, 3.63) is 112 Å². The summed E-state index contributed by atoms with van der Waals surface area (Å²) in [5.74, 6) is 1.51. The minimum absolute atomic E-state index is 0.0485. The van der Waals surface area contributed by atoms with Gasteiger partial charge in [-0.3, -0.25) is 14.3 Å². The highest BCUT2D eigenvalue weighted by Crippen LogP contribution is 2.48. The molecule has 5 aromatic rings. The molecule has 0 aliphatic carbocycles. The number of nitrogens with zero attached hydrogens (tertiary/aromatic N) is 5. The summed E-state index contributed by atoms with van der Waals surface area (Å²) in [7, 11) is 6.86. The van der Waals surface area contributed by atoms with Gasteiger partial charge in [-0.25, -0.2) is 9.98 Å². The lowest BCUT2D eigenvalue weighted by Gasteiger charge is -2.39. The Morgan fingerprint density at radius 1 is 1.02 bits per heavy atom. The molecule has 0 saturated carbocycles. The van der Waals surface area contributed by atoms with Crippen LogP contribution < -0.4 is 15.0 Å². The Hall–Kier alpha value is -5.08. The molecule has 2 bridgehead atoms. The van der Waals surface area contributed by atoms with Crippen LogP contribution in [0.15, 0.2) is 95.0 Å². The van der Waals surface area contributed by atoms with Crippen molar-refractivity contribution in [2.24, 2.45) is 4.99 Å². The Morgan fingerprint density at radius 3 is 2.25 bits per heavy atom. The molecule has 2 aliphatic heterocycles. The fraction of sp³-hybridized carbons (Fsp3) is 0.314. The van der Waals surface area contributed by atoms with Crippen molar-refractivity contribution in [1.29, 1.82) is 0 Å². The predicted octanol–water partition coefficient (Wildman–Crippen LogP) is 3.39. The van der Waals surface area contributed by atoms with E-state index in [0.717, 1.165) is 16.7 Å². The van der Waals surface area contributed by atoms with E-state index in [1.54, 1.807) is 23.7 Å². The summed E-state index contributed by atoms with van der Waals surface area (Å²) in [5.41, 5.74) is 0.0823. The maximum absolute atomic E-state index is 12.8. The first kappa shape index (κ1) is 31.5. The second kappa shape index (κ2) is 12.5. The number of rotatable bonds is 11. The third kappa shape index (κ3) is 5.30. The van der Waals surface area contributed by atoms with Crippen LogP contribution in [0.2, 0.25) is 0 Å². The van der Waals surface area contributed by atoms with Crippen molar-refractivity contribution in [3.8, 4) is 11.5 Å². The van der Waals surface area contributed by atoms with Crippen molar-refractivity contribution in [2.45, 2.75) is 29.6 Å². The molecule has 0 spiro atoms. The van der Waals surface area contributed by atoms with E-state index < -0.39 is 35.2 Å². The van der Waals surface area contributed by atoms with Gasteiger partial charge in [-0.2, -0.15) is 4.98 Å². The molecule has 0 amide bonds. The number of ether oxygens (including phenoxy) is 5. The average Bonchev–Trinajstić information content (AvgIpc) is 3.77. The maximum atomic E-state index is 12.8. The van der Waals surface area contributed by atoms with Gasteiger partial charge in [0, 0.05) is 14.1 Å². The van der Waals surface area contributed by atoms with Crippen molar-refractivity contribution in [3.63, 3.8) is 0 Å². The summed E-state index contributed by atoms with van der Waals surface area (Å²) in [5, 5.41) is 11.7. The zero-order valence-electron chi connectivity index (χ0n) is 26.9. The molecule has 13 nitrogen and oxygen atoms in total. The fourth-order valence-corrected chi connectivity index (χ4v) is 6.38. The second-order valence-corrected chi connectivity index (χ2v) is 12.0. The Kier molecular flexibility index (Phi) is 8.21. The molecule has 0 radical (unpaired) electrons. The zero-order valence-corrected chi connectivity index (χ0v) is 26.9. The van der Waals surface area contributed by atoms with E-state index in [9.17, 15) is 9.90 Å². The fourth-order valence-electron chi connectivity index (χ4n) is 6.38. The van der Waals surface area contributed by atoms with Crippen LogP contribution in [-0.2, 0) is 19.8 Å². The van der Waals surface area contributed by atoms with E-state index in [1.165, 1.54) is 12.7 Å². The van der Waals surface area contributed by atoms with Crippen LogP contribution in [0.4, 0.5) is 5.95 Å². The lowest BCUT2D eigenvalue weighted by Crippen LogP contribution is -2.48. The van der Waals surface area contributed by atoms with Gasteiger partial charge in [0.15, 0.2) is 17.4 Å². The highest BCUT2D eigenvalue weighted by atomic mass is 16.7. The molecule has 4 heterocycles. The third-order valence-corrected chi connectivity index (χ3v) is 8.82. The third-order valence-electron chi connectivity index (χ3n) is 8.82. The molecule has 2 aliphatic rings. The lowest BCUT2D eigenvalue weighted by molar-refractivity contribution is -0.202. The van der Waals surface area contributed by atoms with Gasteiger partial charge < -0.3 is 33.7 Å². The summed E-state index contributed by atoms with van der Waals surface area (Å²) in [4.78, 5) is 30.3. The van der Waals surface area contributed by atoms with Gasteiger partial charge in [0.25, 0.3) is 5.56 Å². The summed E-state index contributed by atoms with van der Waals surface area (Å²) in [6, 6.07) is 25.3. The Morgan fingerprint density at radius 2 is 1.65 bits per heavy atom. The van der Waals surface area contributed by atoms with Gasteiger partial charge in [-0.1, -0.05) is 54.6 Å². The number of H-pyrrole nitrogens is 1. The number of aromatic nitrogens is 4. The predicted molar refractivity (Wildman–Crippen MR) is 177 cm³/mol. The van der Waals surface area contributed by atoms with Gasteiger partial charge in [0.05, 0.1) is 40.1 Å². The number of aliphatic hydroxyl groups is 1. The molecule has 48 heavy (non-hydrogen) atoms. The van der Waals surface area contributed by atoms with Crippen LogP contribution >= 0.6 is 0 Å². The topological polar surface area (TPSA) is 146 Å². The van der Waals surface area contributed by atoms with E-state index in [-0.39, 0.29) is 30.3 Å². The van der Waals surface area contributed by atoms with Crippen LogP contribution in [0.5, 0.6) is 11.5 Å². The van der Waals surface area contributed by atoms with Crippen LogP contribution in [0.25, 0.3) is 11.2 Å². The van der Waals surface area contributed by atoms with Crippen molar-refractivity contribution >= 4 is 23.5 Å². The van der Waals surface area contributed by atoms with E-state index in [2.05, 4.69) is 19.9 Å². The van der Waals surface area contributed by atoms with Crippen molar-refractivity contribution < 1.29 is 28.8 Å². The SMILES string of the molecule is COc1ccc(C(OC[C@]23COC(C2O)[C@H](n2cnc4c(=O)[nH]c(N=CN(C)C)nc42)O3)(c2ccccc2)c2ccc(OC)cc2)cc1. The Labute approximate surface area is 276 Å².